The largest absolute Gasteiger partial charge is 0.296 e. The Labute approximate surface area is 163 Å². The van der Waals surface area contributed by atoms with Gasteiger partial charge in [-0.1, -0.05) is 36.8 Å². The van der Waals surface area contributed by atoms with E-state index in [1.54, 1.807) is 30.3 Å². The molecule has 0 saturated carbocycles. The molecule has 0 saturated heterocycles. The normalized spacial score (nSPS) is 12.0. The van der Waals surface area contributed by atoms with Crippen LogP contribution in [0.25, 0.3) is 21.8 Å². The molecule has 28 heavy (non-hydrogen) atoms. The average molecular weight is 392 g/mol. The predicted molar refractivity (Wildman–Crippen MR) is 111 cm³/mol. The summed E-state index contributed by atoms with van der Waals surface area (Å²) in [6.07, 6.45) is 2.94. The molecule has 0 aliphatic carbocycles. The Morgan fingerprint density at radius 1 is 1.00 bits per heavy atom. The molecular weight excluding hydrogens is 372 g/mol. The third kappa shape index (κ3) is 2.56. The number of benzene rings is 2. The maximum atomic E-state index is 13.6. The van der Waals surface area contributed by atoms with Gasteiger partial charge in [-0.25, -0.2) is 12.4 Å². The molecule has 0 fully saturated rings. The van der Waals surface area contributed by atoms with E-state index in [1.807, 2.05) is 32.9 Å². The highest BCUT2D eigenvalue weighted by Crippen LogP contribution is 2.36. The number of aldehydes is 1. The molecule has 0 N–H and O–H groups in total. The fourth-order valence-corrected chi connectivity index (χ4v) is 5.24. The van der Waals surface area contributed by atoms with E-state index in [0.717, 1.165) is 28.3 Å². The minimum Gasteiger partial charge on any atom is -0.296 e. The highest BCUT2D eigenvalue weighted by atomic mass is 32.2. The van der Waals surface area contributed by atoms with Crippen LogP contribution in [0.2, 0.25) is 0 Å². The first-order valence-corrected chi connectivity index (χ1v) is 10.5. The number of carbonyl (C=O) groups excluding carboxylic acids is 1. The molecule has 0 amide bonds. The van der Waals surface area contributed by atoms with Crippen molar-refractivity contribution >= 4 is 38.1 Å². The highest BCUT2D eigenvalue weighted by molar-refractivity contribution is 7.90. The third-order valence-corrected chi connectivity index (χ3v) is 6.95. The van der Waals surface area contributed by atoms with E-state index in [0.29, 0.717) is 28.6 Å². The van der Waals surface area contributed by atoms with Crippen LogP contribution in [-0.4, -0.2) is 23.7 Å². The summed E-state index contributed by atoms with van der Waals surface area (Å²) in [5.41, 5.74) is 4.12. The Balaban J connectivity index is 2.21. The van der Waals surface area contributed by atoms with Gasteiger partial charge >= 0.3 is 0 Å². The van der Waals surface area contributed by atoms with E-state index < -0.39 is 10.0 Å². The van der Waals surface area contributed by atoms with Crippen LogP contribution in [0.5, 0.6) is 0 Å². The molecule has 142 valence electrons. The van der Waals surface area contributed by atoms with Crippen LogP contribution in [0, 0.1) is 13.8 Å². The Hall–Kier alpha value is -2.99. The summed E-state index contributed by atoms with van der Waals surface area (Å²) in [4.78, 5) is 15.9. The maximum absolute atomic E-state index is 13.6. The lowest BCUT2D eigenvalue weighted by molar-refractivity contribution is 0.111. The summed E-state index contributed by atoms with van der Waals surface area (Å²) in [5.74, 6) is 0. The van der Waals surface area contributed by atoms with E-state index in [1.165, 1.54) is 10.2 Å². The molecule has 5 nitrogen and oxygen atoms in total. The lowest BCUT2D eigenvalue weighted by Crippen LogP contribution is -2.13. The van der Waals surface area contributed by atoms with Gasteiger partial charge in [-0.05, 0) is 49.6 Å². The second kappa shape index (κ2) is 6.56. The van der Waals surface area contributed by atoms with Crippen molar-refractivity contribution in [2.24, 2.45) is 0 Å². The average Bonchev–Trinajstić information content (AvgIpc) is 3.04. The van der Waals surface area contributed by atoms with Gasteiger partial charge in [0.2, 0.25) is 0 Å². The van der Waals surface area contributed by atoms with Crippen LogP contribution in [-0.2, 0) is 16.4 Å². The SMILES string of the molecule is CCc1cccc2c1c1c(C)c(C=O)ncc1n2S(=O)(=O)c1ccc(C)cc1. The quantitative estimate of drug-likeness (QED) is 0.482. The Bertz CT molecular complexity index is 1330. The van der Waals surface area contributed by atoms with Gasteiger partial charge in [-0.3, -0.25) is 9.78 Å². The van der Waals surface area contributed by atoms with Crippen LogP contribution in [0.3, 0.4) is 0 Å². The number of hydrogen-bond donors (Lipinski definition) is 0. The van der Waals surface area contributed by atoms with Gasteiger partial charge in [0, 0.05) is 10.8 Å². The van der Waals surface area contributed by atoms with Crippen molar-refractivity contribution in [3.63, 3.8) is 0 Å². The number of hydrogen-bond acceptors (Lipinski definition) is 4. The lowest BCUT2D eigenvalue weighted by atomic mass is 10.0. The standard InChI is InChI=1S/C22H20N2O3S/c1-4-16-6-5-7-19-22(16)21-15(3)18(13-25)23-12-20(21)24(19)28(26,27)17-10-8-14(2)9-11-17/h5-13H,4H2,1-3H3. The first kappa shape index (κ1) is 18.4. The number of carbonyl (C=O) groups is 1. The smallest absolute Gasteiger partial charge is 0.268 e. The number of nitrogens with zero attached hydrogens (tertiary/aromatic N) is 2. The van der Waals surface area contributed by atoms with Gasteiger partial charge in [-0.2, -0.15) is 0 Å². The minimum atomic E-state index is -3.84. The highest BCUT2D eigenvalue weighted by Gasteiger charge is 2.26. The van der Waals surface area contributed by atoms with Gasteiger partial charge in [0.15, 0.2) is 6.29 Å². The molecule has 0 bridgehead atoms. The van der Waals surface area contributed by atoms with Gasteiger partial charge in [0.1, 0.15) is 5.69 Å². The maximum Gasteiger partial charge on any atom is 0.268 e. The topological polar surface area (TPSA) is 69.0 Å². The molecule has 0 aliphatic rings. The summed E-state index contributed by atoms with van der Waals surface area (Å²) >= 11 is 0. The minimum absolute atomic E-state index is 0.218. The number of aryl methyl sites for hydroxylation is 3. The zero-order valence-electron chi connectivity index (χ0n) is 15.9. The Kier molecular flexibility index (Phi) is 4.31. The Morgan fingerprint density at radius 3 is 2.36 bits per heavy atom. The second-order valence-electron chi connectivity index (χ2n) is 6.89. The fraction of sp³-hybridized carbons (Fsp3) is 0.182. The van der Waals surface area contributed by atoms with E-state index in [9.17, 15) is 13.2 Å². The summed E-state index contributed by atoms with van der Waals surface area (Å²) in [7, 11) is -3.84. The molecule has 2 heterocycles. The number of pyridine rings is 1. The molecule has 4 aromatic rings. The summed E-state index contributed by atoms with van der Waals surface area (Å²) in [6, 6.07) is 12.5. The number of fused-ring (bicyclic) bond motifs is 3. The van der Waals surface area contributed by atoms with E-state index in [4.69, 9.17) is 0 Å². The van der Waals surface area contributed by atoms with Crippen molar-refractivity contribution in [3.05, 3.63) is 71.0 Å². The van der Waals surface area contributed by atoms with Gasteiger partial charge < -0.3 is 0 Å². The molecule has 4 rings (SSSR count). The molecular formula is C22H20N2O3S. The molecule has 0 atom stereocenters. The zero-order valence-corrected chi connectivity index (χ0v) is 16.7. The molecule has 2 aromatic heterocycles. The van der Waals surface area contributed by atoms with E-state index in [-0.39, 0.29) is 4.90 Å². The summed E-state index contributed by atoms with van der Waals surface area (Å²) in [5, 5.41) is 1.62. The van der Waals surface area contributed by atoms with Crippen LogP contribution < -0.4 is 0 Å². The van der Waals surface area contributed by atoms with Gasteiger partial charge in [0.25, 0.3) is 10.0 Å². The molecule has 0 unspecified atom stereocenters. The third-order valence-electron chi connectivity index (χ3n) is 5.21. The van der Waals surface area contributed by atoms with Crippen LogP contribution in [0.4, 0.5) is 0 Å². The van der Waals surface area contributed by atoms with Crippen molar-refractivity contribution in [2.75, 3.05) is 0 Å². The second-order valence-corrected chi connectivity index (χ2v) is 8.68. The van der Waals surface area contributed by atoms with Crippen molar-refractivity contribution in [3.8, 4) is 0 Å². The molecule has 0 spiro atoms. The molecule has 0 aliphatic heterocycles. The number of rotatable bonds is 4. The van der Waals surface area contributed by atoms with Crippen LogP contribution in [0.15, 0.2) is 53.6 Å². The zero-order chi connectivity index (χ0) is 20.1. The molecule has 0 radical (unpaired) electrons. The van der Waals surface area contributed by atoms with Gasteiger partial charge in [0.05, 0.1) is 22.1 Å². The number of aromatic nitrogens is 2. The van der Waals surface area contributed by atoms with E-state index in [2.05, 4.69) is 4.98 Å². The van der Waals surface area contributed by atoms with Crippen LogP contribution in [0.1, 0.15) is 34.1 Å². The van der Waals surface area contributed by atoms with Crippen LogP contribution >= 0.6 is 0 Å². The first-order chi connectivity index (χ1) is 13.4. The van der Waals surface area contributed by atoms with Crippen molar-refractivity contribution in [2.45, 2.75) is 32.1 Å². The van der Waals surface area contributed by atoms with E-state index >= 15 is 0 Å². The fourth-order valence-electron chi connectivity index (χ4n) is 3.74. The van der Waals surface area contributed by atoms with Crippen molar-refractivity contribution in [1.82, 2.24) is 8.96 Å². The summed E-state index contributed by atoms with van der Waals surface area (Å²) < 4.78 is 28.5. The van der Waals surface area contributed by atoms with Crippen molar-refractivity contribution < 1.29 is 13.2 Å². The predicted octanol–water partition coefficient (Wildman–Crippen LogP) is 4.42. The van der Waals surface area contributed by atoms with Crippen molar-refractivity contribution in [1.29, 1.82) is 0 Å². The van der Waals surface area contributed by atoms with Gasteiger partial charge in [-0.15, -0.1) is 0 Å². The molecule has 6 heteroatoms. The summed E-state index contributed by atoms with van der Waals surface area (Å²) in [6.45, 7) is 5.76. The lowest BCUT2D eigenvalue weighted by Gasteiger charge is -2.10. The Morgan fingerprint density at radius 2 is 1.71 bits per heavy atom. The first-order valence-electron chi connectivity index (χ1n) is 9.09. The molecule has 2 aromatic carbocycles. The monoisotopic (exact) mass is 392 g/mol.